The molecular formula is C24H22IrN2. The normalized spacial score (nSPS) is 9.56. The van der Waals surface area contributed by atoms with E-state index in [1.165, 1.54) is 22.3 Å². The van der Waals surface area contributed by atoms with Crippen LogP contribution in [0.15, 0.2) is 97.3 Å². The molecule has 0 amide bonds. The molecule has 0 aliphatic rings. The van der Waals surface area contributed by atoms with Gasteiger partial charge in [-0.25, -0.2) is 0 Å². The second-order valence-electron chi connectivity index (χ2n) is 6.00. The van der Waals surface area contributed by atoms with Gasteiger partial charge >= 0.3 is 0 Å². The molecule has 0 aliphatic heterocycles. The van der Waals surface area contributed by atoms with Gasteiger partial charge in [0.2, 0.25) is 0 Å². The van der Waals surface area contributed by atoms with Crippen molar-refractivity contribution in [1.29, 1.82) is 0 Å². The topological polar surface area (TPSA) is 25.8 Å². The maximum atomic E-state index is 4.26. The smallest absolute Gasteiger partial charge is 0.0450 e. The van der Waals surface area contributed by atoms with E-state index in [1.54, 1.807) is 0 Å². The average Bonchev–Trinajstić information content (AvgIpc) is 2.71. The minimum atomic E-state index is 0. The number of hydrogen-bond acceptors (Lipinski definition) is 2. The van der Waals surface area contributed by atoms with Crippen molar-refractivity contribution in [3.8, 4) is 22.3 Å². The van der Waals surface area contributed by atoms with Crippen LogP contribution in [0.1, 0.15) is 11.4 Å². The minimum Gasteiger partial charge on any atom is -0.261 e. The Hall–Kier alpha value is -2.61. The first-order valence-corrected chi connectivity index (χ1v) is 8.70. The summed E-state index contributed by atoms with van der Waals surface area (Å²) in [5.74, 6) is 0. The van der Waals surface area contributed by atoms with Gasteiger partial charge in [0.1, 0.15) is 0 Å². The van der Waals surface area contributed by atoms with Crippen molar-refractivity contribution in [3.63, 3.8) is 0 Å². The van der Waals surface area contributed by atoms with Crippen molar-refractivity contribution < 1.29 is 20.1 Å². The number of pyridine rings is 2. The van der Waals surface area contributed by atoms with Crippen molar-refractivity contribution in [2.45, 2.75) is 13.8 Å². The third-order valence-corrected chi connectivity index (χ3v) is 4.18. The molecule has 2 aromatic heterocycles. The molecule has 4 aromatic rings. The monoisotopic (exact) mass is 531 g/mol. The Morgan fingerprint density at radius 1 is 0.481 bits per heavy atom. The fourth-order valence-electron chi connectivity index (χ4n) is 2.81. The molecule has 4 rings (SSSR count). The van der Waals surface area contributed by atoms with Crippen LogP contribution in [-0.4, -0.2) is 9.97 Å². The molecule has 0 aliphatic carbocycles. The predicted molar refractivity (Wildman–Crippen MR) is 109 cm³/mol. The molecule has 0 spiro atoms. The summed E-state index contributed by atoms with van der Waals surface area (Å²) in [4.78, 5) is 8.51. The standard InChI is InChI=1S/2C12H11N.Ir/c2*1-10-12(8-5-9-13-10)11-6-3-2-4-7-11;/h2*2-9H,1H3;. The quantitative estimate of drug-likeness (QED) is 0.313. The zero-order chi connectivity index (χ0) is 18.2. The molecule has 0 saturated carbocycles. The average molecular weight is 531 g/mol. The summed E-state index contributed by atoms with van der Waals surface area (Å²) in [5, 5.41) is 0. The van der Waals surface area contributed by atoms with Crippen LogP contribution in [0.25, 0.3) is 22.3 Å². The maximum absolute atomic E-state index is 4.26. The molecule has 0 N–H and O–H groups in total. The SMILES string of the molecule is Cc1ncccc1-c1ccccc1.Cc1ncccc1-c1ccccc1.[Ir]. The number of aryl methyl sites for hydroxylation is 2. The maximum Gasteiger partial charge on any atom is 0.0450 e. The van der Waals surface area contributed by atoms with E-state index in [9.17, 15) is 0 Å². The zero-order valence-corrected chi connectivity index (χ0v) is 17.9. The Balaban J connectivity index is 0.000000187. The molecule has 1 radical (unpaired) electrons. The Bertz CT molecular complexity index is 873. The molecule has 0 saturated heterocycles. The van der Waals surface area contributed by atoms with Gasteiger partial charge in [0, 0.05) is 55.0 Å². The van der Waals surface area contributed by atoms with Crippen molar-refractivity contribution in [2.24, 2.45) is 0 Å². The molecule has 2 heterocycles. The summed E-state index contributed by atoms with van der Waals surface area (Å²) in [7, 11) is 0. The molecular weight excluding hydrogens is 508 g/mol. The van der Waals surface area contributed by atoms with Crippen LogP contribution in [0.3, 0.4) is 0 Å². The molecule has 27 heavy (non-hydrogen) atoms. The van der Waals surface area contributed by atoms with Gasteiger partial charge < -0.3 is 0 Å². The number of hydrogen-bond donors (Lipinski definition) is 0. The van der Waals surface area contributed by atoms with E-state index in [2.05, 4.69) is 46.4 Å². The predicted octanol–water partition coefficient (Wildman–Crippen LogP) is 6.11. The van der Waals surface area contributed by atoms with Crippen LogP contribution in [0.2, 0.25) is 0 Å². The Labute approximate surface area is 174 Å². The van der Waals surface area contributed by atoms with E-state index >= 15 is 0 Å². The zero-order valence-electron chi connectivity index (χ0n) is 15.5. The number of aromatic nitrogens is 2. The van der Waals surface area contributed by atoms with Crippen LogP contribution in [0.4, 0.5) is 0 Å². The molecule has 3 heteroatoms. The molecule has 2 nitrogen and oxygen atoms in total. The Morgan fingerprint density at radius 3 is 1.19 bits per heavy atom. The van der Waals surface area contributed by atoms with Crippen LogP contribution < -0.4 is 0 Å². The van der Waals surface area contributed by atoms with Crippen molar-refractivity contribution >= 4 is 0 Å². The van der Waals surface area contributed by atoms with Gasteiger partial charge in [-0.05, 0) is 37.1 Å². The van der Waals surface area contributed by atoms with Crippen LogP contribution >= 0.6 is 0 Å². The van der Waals surface area contributed by atoms with Gasteiger partial charge in [-0.1, -0.05) is 72.8 Å². The molecule has 0 bridgehead atoms. The second-order valence-corrected chi connectivity index (χ2v) is 6.00. The van der Waals surface area contributed by atoms with Crippen LogP contribution in [0.5, 0.6) is 0 Å². The van der Waals surface area contributed by atoms with Crippen LogP contribution in [0, 0.1) is 13.8 Å². The number of rotatable bonds is 2. The second kappa shape index (κ2) is 10.5. The first kappa shape index (κ1) is 20.7. The van der Waals surface area contributed by atoms with E-state index in [1.807, 2.05) is 74.8 Å². The fourth-order valence-corrected chi connectivity index (χ4v) is 2.81. The van der Waals surface area contributed by atoms with E-state index in [4.69, 9.17) is 0 Å². The summed E-state index contributed by atoms with van der Waals surface area (Å²) in [6.07, 6.45) is 3.64. The number of benzene rings is 2. The van der Waals surface area contributed by atoms with Gasteiger partial charge in [0.05, 0.1) is 0 Å². The third kappa shape index (κ3) is 5.68. The summed E-state index contributed by atoms with van der Waals surface area (Å²) in [5.41, 5.74) is 7.04. The van der Waals surface area contributed by atoms with Crippen LogP contribution in [-0.2, 0) is 20.1 Å². The molecule has 0 atom stereocenters. The van der Waals surface area contributed by atoms with Gasteiger partial charge in [0.25, 0.3) is 0 Å². The summed E-state index contributed by atoms with van der Waals surface area (Å²) < 4.78 is 0. The fraction of sp³-hybridized carbons (Fsp3) is 0.0833. The summed E-state index contributed by atoms with van der Waals surface area (Å²) >= 11 is 0. The van der Waals surface area contributed by atoms with E-state index in [0.29, 0.717) is 0 Å². The largest absolute Gasteiger partial charge is 0.261 e. The van der Waals surface area contributed by atoms with E-state index in [-0.39, 0.29) is 20.1 Å². The molecule has 0 fully saturated rings. The summed E-state index contributed by atoms with van der Waals surface area (Å²) in [6.45, 7) is 4.06. The molecule has 0 unspecified atom stereocenters. The molecule has 2 aromatic carbocycles. The first-order valence-electron chi connectivity index (χ1n) is 8.70. The number of nitrogens with zero attached hydrogens (tertiary/aromatic N) is 2. The van der Waals surface area contributed by atoms with Gasteiger partial charge in [-0.2, -0.15) is 0 Å². The van der Waals surface area contributed by atoms with Crippen molar-refractivity contribution in [1.82, 2.24) is 9.97 Å². The minimum absolute atomic E-state index is 0. The third-order valence-electron chi connectivity index (χ3n) is 4.18. The van der Waals surface area contributed by atoms with Gasteiger partial charge in [0.15, 0.2) is 0 Å². The van der Waals surface area contributed by atoms with Crippen molar-refractivity contribution in [2.75, 3.05) is 0 Å². The van der Waals surface area contributed by atoms with E-state index < -0.39 is 0 Å². The van der Waals surface area contributed by atoms with E-state index in [0.717, 1.165) is 11.4 Å². The van der Waals surface area contributed by atoms with Crippen molar-refractivity contribution in [3.05, 3.63) is 109 Å². The Kier molecular flexibility index (Phi) is 8.06. The molecule has 137 valence electrons. The Morgan fingerprint density at radius 2 is 0.852 bits per heavy atom. The van der Waals surface area contributed by atoms with Gasteiger partial charge in [-0.15, -0.1) is 0 Å². The first-order chi connectivity index (χ1) is 12.8. The van der Waals surface area contributed by atoms with Gasteiger partial charge in [-0.3, -0.25) is 9.97 Å². The summed E-state index contributed by atoms with van der Waals surface area (Å²) in [6, 6.07) is 28.7.